The molecule has 0 radical (unpaired) electrons. The van der Waals surface area contributed by atoms with E-state index in [1.54, 1.807) is 17.0 Å². The number of hydrogen-bond acceptors (Lipinski definition) is 5. The van der Waals surface area contributed by atoms with Crippen molar-refractivity contribution in [2.75, 3.05) is 0 Å². The summed E-state index contributed by atoms with van der Waals surface area (Å²) in [4.78, 5) is 15.4. The first-order chi connectivity index (χ1) is 9.65. The van der Waals surface area contributed by atoms with Crippen LogP contribution in [-0.4, -0.2) is 30.8 Å². The van der Waals surface area contributed by atoms with Crippen LogP contribution in [-0.2, 0) is 7.05 Å². The lowest BCUT2D eigenvalue weighted by Gasteiger charge is -2.06. The van der Waals surface area contributed by atoms with Crippen molar-refractivity contribution < 1.29 is 9.90 Å². The molecule has 0 unspecified atom stereocenters. The summed E-state index contributed by atoms with van der Waals surface area (Å²) in [6.45, 7) is 0. The molecule has 3 rings (SSSR count). The number of pyridine rings is 1. The molecule has 0 spiro atoms. The van der Waals surface area contributed by atoms with Crippen molar-refractivity contribution >= 4 is 28.5 Å². The summed E-state index contributed by atoms with van der Waals surface area (Å²) in [7, 11) is 1.82. The topological polar surface area (TPSA) is 80.9 Å². The highest BCUT2D eigenvalue weighted by atomic mass is 32.2. The second-order valence-corrected chi connectivity index (χ2v) is 5.12. The predicted molar refractivity (Wildman–Crippen MR) is 73.8 cm³/mol. The van der Waals surface area contributed by atoms with Crippen LogP contribution in [0.5, 0.6) is 0 Å². The molecule has 1 N–H and O–H groups in total. The van der Waals surface area contributed by atoms with E-state index in [-0.39, 0.29) is 5.69 Å². The van der Waals surface area contributed by atoms with Crippen LogP contribution in [0.25, 0.3) is 10.8 Å². The van der Waals surface area contributed by atoms with E-state index in [2.05, 4.69) is 15.2 Å². The number of carboxylic acid groups (broad SMARTS) is 1. The van der Waals surface area contributed by atoms with Crippen LogP contribution in [0.15, 0.2) is 46.8 Å². The molecule has 0 aliphatic carbocycles. The van der Waals surface area contributed by atoms with Gasteiger partial charge < -0.3 is 9.67 Å². The molecule has 3 aromatic rings. The fraction of sp³-hybridized carbons (Fsp3) is 0.0769. The second kappa shape index (κ2) is 4.93. The Labute approximate surface area is 118 Å². The SMILES string of the molecule is Cn1cnnc1Sc1nc(C(=O)O)cc2ccccc12. The Morgan fingerprint density at radius 3 is 2.85 bits per heavy atom. The standard InChI is InChI=1S/C13H10N4O2S/c1-17-7-14-16-13(17)20-11-9-5-3-2-4-8(9)6-10(15-11)12(18)19/h2-7H,1H3,(H,18,19). The van der Waals surface area contributed by atoms with Crippen LogP contribution in [0.3, 0.4) is 0 Å². The van der Waals surface area contributed by atoms with E-state index in [0.29, 0.717) is 10.2 Å². The first-order valence-electron chi connectivity index (χ1n) is 5.80. The summed E-state index contributed by atoms with van der Waals surface area (Å²) in [5.74, 6) is -1.05. The minimum absolute atomic E-state index is 0.0216. The summed E-state index contributed by atoms with van der Waals surface area (Å²) in [5, 5.41) is 19.9. The maximum atomic E-state index is 11.2. The molecule has 0 saturated carbocycles. The van der Waals surface area contributed by atoms with E-state index < -0.39 is 5.97 Å². The molecule has 0 bridgehead atoms. The molecule has 0 aliphatic heterocycles. The van der Waals surface area contributed by atoms with Crippen molar-refractivity contribution in [3.05, 3.63) is 42.4 Å². The van der Waals surface area contributed by atoms with Crippen molar-refractivity contribution in [3.63, 3.8) is 0 Å². The molecule has 0 atom stereocenters. The van der Waals surface area contributed by atoms with Gasteiger partial charge in [0.05, 0.1) is 0 Å². The Bertz CT molecular complexity index is 800. The van der Waals surface area contributed by atoms with Crippen molar-refractivity contribution in [1.29, 1.82) is 0 Å². The highest BCUT2D eigenvalue weighted by molar-refractivity contribution is 7.99. The van der Waals surface area contributed by atoms with Gasteiger partial charge in [0.15, 0.2) is 5.16 Å². The van der Waals surface area contributed by atoms with Crippen molar-refractivity contribution in [2.45, 2.75) is 10.2 Å². The van der Waals surface area contributed by atoms with Crippen LogP contribution in [0.4, 0.5) is 0 Å². The van der Waals surface area contributed by atoms with E-state index in [1.807, 2.05) is 31.3 Å². The van der Waals surface area contributed by atoms with Gasteiger partial charge in [0.25, 0.3) is 0 Å². The molecule has 2 heterocycles. The molecule has 0 saturated heterocycles. The maximum absolute atomic E-state index is 11.2. The third-order valence-corrected chi connectivity index (χ3v) is 3.84. The van der Waals surface area contributed by atoms with Crippen LogP contribution >= 0.6 is 11.8 Å². The average molecular weight is 286 g/mol. The lowest BCUT2D eigenvalue weighted by molar-refractivity contribution is 0.0690. The molecular formula is C13H10N4O2S. The zero-order chi connectivity index (χ0) is 14.1. The minimum atomic E-state index is -1.05. The van der Waals surface area contributed by atoms with E-state index in [9.17, 15) is 4.79 Å². The van der Waals surface area contributed by atoms with Gasteiger partial charge in [0, 0.05) is 12.4 Å². The number of hydrogen-bond donors (Lipinski definition) is 1. The number of benzene rings is 1. The van der Waals surface area contributed by atoms with Gasteiger partial charge in [-0.15, -0.1) is 10.2 Å². The Morgan fingerprint density at radius 1 is 1.35 bits per heavy atom. The highest BCUT2D eigenvalue weighted by Gasteiger charge is 2.13. The average Bonchev–Trinajstić information content (AvgIpc) is 2.84. The molecule has 0 amide bonds. The Hall–Kier alpha value is -2.41. The number of aromatic nitrogens is 4. The van der Waals surface area contributed by atoms with E-state index in [4.69, 9.17) is 5.11 Å². The van der Waals surface area contributed by atoms with Gasteiger partial charge in [-0.25, -0.2) is 9.78 Å². The Morgan fingerprint density at radius 2 is 2.15 bits per heavy atom. The highest BCUT2D eigenvalue weighted by Crippen LogP contribution is 2.31. The van der Waals surface area contributed by atoms with Gasteiger partial charge in [0.1, 0.15) is 17.0 Å². The third-order valence-electron chi connectivity index (χ3n) is 2.78. The number of aryl methyl sites for hydroxylation is 1. The van der Waals surface area contributed by atoms with Crippen molar-refractivity contribution in [1.82, 2.24) is 19.7 Å². The van der Waals surface area contributed by atoms with Gasteiger partial charge in [-0.05, 0) is 23.2 Å². The van der Waals surface area contributed by atoms with E-state index in [1.165, 1.54) is 11.8 Å². The molecule has 6 nitrogen and oxygen atoms in total. The molecule has 2 aromatic heterocycles. The number of carboxylic acids is 1. The van der Waals surface area contributed by atoms with Crippen molar-refractivity contribution in [2.24, 2.45) is 7.05 Å². The first kappa shape index (κ1) is 12.6. The number of fused-ring (bicyclic) bond motifs is 1. The quantitative estimate of drug-likeness (QED) is 0.795. The van der Waals surface area contributed by atoms with Crippen molar-refractivity contribution in [3.8, 4) is 0 Å². The van der Waals surface area contributed by atoms with Gasteiger partial charge >= 0.3 is 5.97 Å². The Kier molecular flexibility index (Phi) is 3.11. The van der Waals surface area contributed by atoms with E-state index in [0.717, 1.165) is 10.8 Å². The molecule has 100 valence electrons. The molecule has 0 aliphatic rings. The summed E-state index contributed by atoms with van der Waals surface area (Å²) in [6.07, 6.45) is 1.59. The summed E-state index contributed by atoms with van der Waals surface area (Å²) in [5.41, 5.74) is 0.0216. The van der Waals surface area contributed by atoms with Crippen LogP contribution in [0.1, 0.15) is 10.5 Å². The Balaban J connectivity index is 2.17. The van der Waals surface area contributed by atoms with Gasteiger partial charge in [-0.3, -0.25) is 0 Å². The molecule has 20 heavy (non-hydrogen) atoms. The fourth-order valence-corrected chi connectivity index (χ4v) is 2.70. The molecule has 1 aromatic carbocycles. The summed E-state index contributed by atoms with van der Waals surface area (Å²) >= 11 is 1.30. The minimum Gasteiger partial charge on any atom is -0.477 e. The third kappa shape index (κ3) is 2.23. The number of nitrogens with zero attached hydrogens (tertiary/aromatic N) is 4. The number of aromatic carboxylic acids is 1. The molecular weight excluding hydrogens is 276 g/mol. The zero-order valence-electron chi connectivity index (χ0n) is 10.5. The maximum Gasteiger partial charge on any atom is 0.354 e. The largest absolute Gasteiger partial charge is 0.477 e. The second-order valence-electron chi connectivity index (χ2n) is 4.17. The number of rotatable bonds is 3. The first-order valence-corrected chi connectivity index (χ1v) is 6.62. The smallest absolute Gasteiger partial charge is 0.354 e. The summed E-state index contributed by atoms with van der Waals surface area (Å²) in [6, 6.07) is 9.10. The zero-order valence-corrected chi connectivity index (χ0v) is 11.3. The van der Waals surface area contributed by atoms with Crippen LogP contribution in [0, 0.1) is 0 Å². The van der Waals surface area contributed by atoms with Gasteiger partial charge in [0.2, 0.25) is 0 Å². The van der Waals surface area contributed by atoms with Gasteiger partial charge in [-0.1, -0.05) is 24.3 Å². The predicted octanol–water partition coefficient (Wildman–Crippen LogP) is 2.21. The lowest BCUT2D eigenvalue weighted by Crippen LogP contribution is -2.02. The van der Waals surface area contributed by atoms with Crippen LogP contribution < -0.4 is 0 Å². The molecule has 0 fully saturated rings. The van der Waals surface area contributed by atoms with Crippen LogP contribution in [0.2, 0.25) is 0 Å². The number of carbonyl (C=O) groups is 1. The van der Waals surface area contributed by atoms with E-state index >= 15 is 0 Å². The molecule has 7 heteroatoms. The summed E-state index contributed by atoms with van der Waals surface area (Å²) < 4.78 is 1.76. The van der Waals surface area contributed by atoms with Gasteiger partial charge in [-0.2, -0.15) is 0 Å². The normalized spacial score (nSPS) is 10.8. The monoisotopic (exact) mass is 286 g/mol. The lowest BCUT2D eigenvalue weighted by atomic mass is 10.1. The fourth-order valence-electron chi connectivity index (χ4n) is 1.81.